The normalized spacial score (nSPS) is 12.6. The predicted octanol–water partition coefficient (Wildman–Crippen LogP) is 2.70. The third-order valence-corrected chi connectivity index (χ3v) is 3.23. The lowest BCUT2D eigenvalue weighted by molar-refractivity contribution is 0.480. The zero-order valence-electron chi connectivity index (χ0n) is 11.1. The lowest BCUT2D eigenvalue weighted by atomic mass is 10.0. The van der Waals surface area contributed by atoms with E-state index >= 15 is 0 Å². The average molecular weight is 243 g/mol. The quantitative estimate of drug-likeness (QED) is 0.845. The lowest BCUT2D eigenvalue weighted by Gasteiger charge is -2.18. The Morgan fingerprint density at radius 3 is 2.61 bits per heavy atom. The number of hydrogen-bond donors (Lipinski definition) is 1. The van der Waals surface area contributed by atoms with E-state index in [1.54, 1.807) is 0 Å². The van der Waals surface area contributed by atoms with E-state index in [-0.39, 0.29) is 0 Å². The number of benzene rings is 1. The van der Waals surface area contributed by atoms with Crippen LogP contribution in [0.5, 0.6) is 0 Å². The molecule has 0 aliphatic carbocycles. The van der Waals surface area contributed by atoms with Gasteiger partial charge in [0.05, 0.1) is 5.69 Å². The Morgan fingerprint density at radius 2 is 2.00 bits per heavy atom. The van der Waals surface area contributed by atoms with E-state index in [1.807, 2.05) is 17.9 Å². The molecule has 1 heterocycles. The molecule has 96 valence electrons. The van der Waals surface area contributed by atoms with E-state index in [4.69, 9.17) is 0 Å². The monoisotopic (exact) mass is 243 g/mol. The summed E-state index contributed by atoms with van der Waals surface area (Å²) in [5, 5.41) is 7.79. The van der Waals surface area contributed by atoms with E-state index in [2.05, 4.69) is 53.7 Å². The highest BCUT2D eigenvalue weighted by Gasteiger charge is 2.13. The fourth-order valence-corrected chi connectivity index (χ4v) is 2.28. The van der Waals surface area contributed by atoms with Crippen molar-refractivity contribution in [1.82, 2.24) is 15.1 Å². The van der Waals surface area contributed by atoms with E-state index < -0.39 is 0 Å². The lowest BCUT2D eigenvalue weighted by Crippen LogP contribution is -2.23. The van der Waals surface area contributed by atoms with E-state index in [9.17, 15) is 0 Å². The molecule has 1 aromatic carbocycles. The zero-order chi connectivity index (χ0) is 12.8. The molecule has 0 aliphatic heterocycles. The minimum absolute atomic E-state index is 0.378. The molecule has 0 fully saturated rings. The van der Waals surface area contributed by atoms with Crippen LogP contribution in [0.25, 0.3) is 0 Å². The van der Waals surface area contributed by atoms with Gasteiger partial charge >= 0.3 is 0 Å². The van der Waals surface area contributed by atoms with Crippen LogP contribution >= 0.6 is 0 Å². The molecule has 0 bridgehead atoms. The van der Waals surface area contributed by atoms with E-state index in [1.165, 1.54) is 11.3 Å². The van der Waals surface area contributed by atoms with Crippen LogP contribution in [0.15, 0.2) is 42.6 Å². The van der Waals surface area contributed by atoms with Gasteiger partial charge in [-0.3, -0.25) is 4.68 Å². The highest BCUT2D eigenvalue weighted by atomic mass is 15.3. The van der Waals surface area contributed by atoms with E-state index in [0.717, 1.165) is 19.4 Å². The molecule has 0 saturated carbocycles. The molecule has 0 radical (unpaired) electrons. The van der Waals surface area contributed by atoms with Crippen molar-refractivity contribution in [2.24, 2.45) is 7.05 Å². The highest BCUT2D eigenvalue weighted by Crippen LogP contribution is 2.18. The summed E-state index contributed by atoms with van der Waals surface area (Å²) in [7, 11) is 2.00. The third kappa shape index (κ3) is 3.20. The Bertz CT molecular complexity index is 462. The van der Waals surface area contributed by atoms with Crippen LogP contribution in [-0.2, 0) is 13.5 Å². The third-order valence-electron chi connectivity index (χ3n) is 3.23. The van der Waals surface area contributed by atoms with Crippen LogP contribution in [0.1, 0.15) is 30.6 Å². The smallest absolute Gasteiger partial charge is 0.0550 e. The molecule has 3 nitrogen and oxygen atoms in total. The van der Waals surface area contributed by atoms with Crippen molar-refractivity contribution in [3.8, 4) is 0 Å². The standard InChI is InChI=1S/C15H21N3/c1-3-16-14(15-11-12-17-18(15)2)10-9-13-7-5-4-6-8-13/h4-8,11-12,14,16H,3,9-10H2,1-2H3. The summed E-state index contributed by atoms with van der Waals surface area (Å²) in [5.41, 5.74) is 2.65. The first kappa shape index (κ1) is 12.8. The van der Waals surface area contributed by atoms with Gasteiger partial charge in [0.15, 0.2) is 0 Å². The van der Waals surface area contributed by atoms with Gasteiger partial charge in [-0.25, -0.2) is 0 Å². The first-order valence-electron chi connectivity index (χ1n) is 6.56. The number of nitrogens with one attached hydrogen (secondary N) is 1. The van der Waals surface area contributed by atoms with Crippen molar-refractivity contribution in [3.63, 3.8) is 0 Å². The second kappa shape index (κ2) is 6.36. The number of aryl methyl sites for hydroxylation is 2. The first-order valence-corrected chi connectivity index (χ1v) is 6.56. The molecule has 1 N–H and O–H groups in total. The van der Waals surface area contributed by atoms with Crippen molar-refractivity contribution in [3.05, 3.63) is 53.9 Å². The summed E-state index contributed by atoms with van der Waals surface area (Å²) in [6.07, 6.45) is 4.04. The van der Waals surface area contributed by atoms with Crippen LogP contribution in [0.4, 0.5) is 0 Å². The maximum atomic E-state index is 4.25. The molecule has 0 spiro atoms. The first-order chi connectivity index (χ1) is 8.81. The van der Waals surface area contributed by atoms with E-state index in [0.29, 0.717) is 6.04 Å². The molecular formula is C15H21N3. The van der Waals surface area contributed by atoms with Gasteiger partial charge in [0.25, 0.3) is 0 Å². The summed E-state index contributed by atoms with van der Waals surface area (Å²) in [4.78, 5) is 0. The molecule has 0 aliphatic rings. The molecule has 2 aromatic rings. The summed E-state index contributed by atoms with van der Waals surface area (Å²) in [6.45, 7) is 3.12. The molecule has 1 atom stereocenters. The Labute approximate surface area is 109 Å². The molecule has 0 saturated heterocycles. The van der Waals surface area contributed by atoms with Gasteiger partial charge in [0.1, 0.15) is 0 Å². The molecule has 2 rings (SSSR count). The van der Waals surface area contributed by atoms with Crippen LogP contribution in [-0.4, -0.2) is 16.3 Å². The molecule has 0 amide bonds. The van der Waals surface area contributed by atoms with Gasteiger partial charge < -0.3 is 5.32 Å². The van der Waals surface area contributed by atoms with Crippen LogP contribution in [0.2, 0.25) is 0 Å². The average Bonchev–Trinajstić information content (AvgIpc) is 2.82. The maximum Gasteiger partial charge on any atom is 0.0550 e. The second-order valence-electron chi connectivity index (χ2n) is 4.51. The van der Waals surface area contributed by atoms with Crippen LogP contribution in [0, 0.1) is 0 Å². The van der Waals surface area contributed by atoms with Gasteiger partial charge in [-0.1, -0.05) is 37.3 Å². The molecule has 1 aromatic heterocycles. The summed E-state index contributed by atoms with van der Waals surface area (Å²) in [5.74, 6) is 0. The van der Waals surface area contributed by atoms with Crippen LogP contribution < -0.4 is 5.32 Å². The second-order valence-corrected chi connectivity index (χ2v) is 4.51. The Morgan fingerprint density at radius 1 is 1.22 bits per heavy atom. The zero-order valence-corrected chi connectivity index (χ0v) is 11.1. The minimum atomic E-state index is 0.378. The van der Waals surface area contributed by atoms with Gasteiger partial charge in [0, 0.05) is 19.3 Å². The number of rotatable bonds is 6. The summed E-state index contributed by atoms with van der Waals surface area (Å²) >= 11 is 0. The fraction of sp³-hybridized carbons (Fsp3) is 0.400. The highest BCUT2D eigenvalue weighted by molar-refractivity contribution is 5.16. The van der Waals surface area contributed by atoms with Crippen LogP contribution in [0.3, 0.4) is 0 Å². The number of aromatic nitrogens is 2. The minimum Gasteiger partial charge on any atom is -0.309 e. The van der Waals surface area contributed by atoms with Gasteiger partial charge in [-0.05, 0) is 31.0 Å². The van der Waals surface area contributed by atoms with Gasteiger partial charge in [-0.2, -0.15) is 5.10 Å². The molecular weight excluding hydrogens is 222 g/mol. The SMILES string of the molecule is CCNC(CCc1ccccc1)c1ccnn1C. The topological polar surface area (TPSA) is 29.9 Å². The van der Waals surface area contributed by atoms with Gasteiger partial charge in [-0.15, -0.1) is 0 Å². The molecule has 3 heteroatoms. The van der Waals surface area contributed by atoms with Crippen molar-refractivity contribution < 1.29 is 0 Å². The predicted molar refractivity (Wildman–Crippen MR) is 74.4 cm³/mol. The molecule has 18 heavy (non-hydrogen) atoms. The van der Waals surface area contributed by atoms with Crippen molar-refractivity contribution in [1.29, 1.82) is 0 Å². The Kier molecular flexibility index (Phi) is 4.53. The van der Waals surface area contributed by atoms with Gasteiger partial charge in [0.2, 0.25) is 0 Å². The van der Waals surface area contributed by atoms with Crippen molar-refractivity contribution in [2.45, 2.75) is 25.8 Å². The van der Waals surface area contributed by atoms with Crippen molar-refractivity contribution in [2.75, 3.05) is 6.54 Å². The number of nitrogens with zero attached hydrogens (tertiary/aromatic N) is 2. The Hall–Kier alpha value is -1.61. The fourth-order valence-electron chi connectivity index (χ4n) is 2.28. The Balaban J connectivity index is 2.01. The summed E-state index contributed by atoms with van der Waals surface area (Å²) in [6, 6.07) is 13.1. The summed E-state index contributed by atoms with van der Waals surface area (Å²) < 4.78 is 1.96. The molecule has 1 unspecified atom stereocenters. The largest absolute Gasteiger partial charge is 0.309 e. The number of hydrogen-bond acceptors (Lipinski definition) is 2. The maximum absolute atomic E-state index is 4.25. The van der Waals surface area contributed by atoms with Crippen molar-refractivity contribution >= 4 is 0 Å².